The number of hydrogen-bond acceptors (Lipinski definition) is 5. The summed E-state index contributed by atoms with van der Waals surface area (Å²) in [5, 5.41) is 4.42. The Labute approximate surface area is 147 Å². The van der Waals surface area contributed by atoms with Crippen LogP contribution >= 0.6 is 11.3 Å². The van der Waals surface area contributed by atoms with Crippen molar-refractivity contribution in [3.8, 4) is 0 Å². The average Bonchev–Trinajstić information content (AvgIpc) is 3.26. The first kappa shape index (κ1) is 16.2. The van der Waals surface area contributed by atoms with E-state index in [0.717, 1.165) is 31.5 Å². The van der Waals surface area contributed by atoms with Crippen LogP contribution in [0.1, 0.15) is 30.4 Å². The zero-order valence-corrected chi connectivity index (χ0v) is 14.7. The highest BCUT2D eigenvalue weighted by molar-refractivity contribution is 7.07. The number of pyridine rings is 1. The van der Waals surface area contributed by atoms with Gasteiger partial charge in [0.1, 0.15) is 0 Å². The molecule has 2 saturated heterocycles. The molecule has 24 heavy (non-hydrogen) atoms. The van der Waals surface area contributed by atoms with Crippen LogP contribution < -0.4 is 0 Å². The van der Waals surface area contributed by atoms with Crippen LogP contribution in [-0.4, -0.2) is 41.3 Å². The number of nitrogens with zero attached hydrogens (tertiary/aromatic N) is 2. The van der Waals surface area contributed by atoms with Crippen LogP contribution in [0.4, 0.5) is 0 Å². The van der Waals surface area contributed by atoms with E-state index in [4.69, 9.17) is 9.47 Å². The van der Waals surface area contributed by atoms with E-state index in [-0.39, 0.29) is 6.10 Å². The lowest BCUT2D eigenvalue weighted by Gasteiger charge is -2.36. The Morgan fingerprint density at radius 2 is 2.25 bits per heavy atom. The normalized spacial score (nSPS) is 27.2. The van der Waals surface area contributed by atoms with Crippen LogP contribution in [0.15, 0.2) is 41.4 Å². The molecule has 4 nitrogen and oxygen atoms in total. The van der Waals surface area contributed by atoms with E-state index in [0.29, 0.717) is 25.4 Å². The summed E-state index contributed by atoms with van der Waals surface area (Å²) in [6.45, 7) is 3.51. The quantitative estimate of drug-likeness (QED) is 0.803. The van der Waals surface area contributed by atoms with Gasteiger partial charge in [-0.15, -0.1) is 0 Å². The van der Waals surface area contributed by atoms with Crippen molar-refractivity contribution in [1.29, 1.82) is 0 Å². The summed E-state index contributed by atoms with van der Waals surface area (Å²) in [7, 11) is 0. The molecule has 2 aliphatic rings. The molecule has 0 spiro atoms. The van der Waals surface area contributed by atoms with Gasteiger partial charge in [0.2, 0.25) is 0 Å². The zero-order valence-electron chi connectivity index (χ0n) is 13.8. The van der Waals surface area contributed by atoms with Gasteiger partial charge in [-0.1, -0.05) is 6.07 Å². The molecule has 2 aromatic heterocycles. The van der Waals surface area contributed by atoms with Crippen molar-refractivity contribution in [2.24, 2.45) is 0 Å². The largest absolute Gasteiger partial charge is 0.374 e. The van der Waals surface area contributed by atoms with E-state index in [1.165, 1.54) is 12.0 Å². The fourth-order valence-electron chi connectivity index (χ4n) is 3.81. The number of ether oxygens (including phenoxy) is 2. The number of fused-ring (bicyclic) bond motifs is 1. The molecule has 5 heteroatoms. The highest BCUT2D eigenvalue weighted by Gasteiger charge is 2.39. The molecule has 2 aromatic rings. The second-order valence-corrected chi connectivity index (χ2v) is 7.49. The molecule has 2 aliphatic heterocycles. The Balaban J connectivity index is 1.23. The fraction of sp³-hybridized carbons (Fsp3) is 0.526. The maximum atomic E-state index is 6.32. The second kappa shape index (κ2) is 7.74. The third-order valence-electron chi connectivity index (χ3n) is 5.01. The Morgan fingerprint density at radius 1 is 1.25 bits per heavy atom. The minimum atomic E-state index is 0.240. The molecule has 3 atom stereocenters. The number of aromatic nitrogens is 1. The molecule has 4 rings (SSSR count). The lowest BCUT2D eigenvalue weighted by Crippen LogP contribution is -2.43. The van der Waals surface area contributed by atoms with Gasteiger partial charge in [0, 0.05) is 31.5 Å². The Morgan fingerprint density at radius 3 is 3.08 bits per heavy atom. The molecule has 0 radical (unpaired) electrons. The average molecular weight is 344 g/mol. The van der Waals surface area contributed by atoms with Crippen molar-refractivity contribution in [2.45, 2.75) is 50.7 Å². The molecular formula is C19H24N2O2S. The van der Waals surface area contributed by atoms with Gasteiger partial charge in [-0.25, -0.2) is 0 Å². The Bertz CT molecular complexity index is 620. The van der Waals surface area contributed by atoms with Crippen LogP contribution in [0.3, 0.4) is 0 Å². The highest BCUT2D eigenvalue weighted by Crippen LogP contribution is 2.32. The molecule has 0 aliphatic carbocycles. The van der Waals surface area contributed by atoms with E-state index < -0.39 is 0 Å². The van der Waals surface area contributed by atoms with E-state index in [1.54, 1.807) is 17.5 Å². The molecule has 0 unspecified atom stereocenters. The van der Waals surface area contributed by atoms with Gasteiger partial charge in [-0.05, 0) is 53.3 Å². The molecule has 4 heterocycles. The van der Waals surface area contributed by atoms with Gasteiger partial charge in [-0.3, -0.25) is 9.88 Å². The van der Waals surface area contributed by atoms with E-state index in [1.807, 2.05) is 18.3 Å². The lowest BCUT2D eigenvalue weighted by molar-refractivity contribution is -0.102. The van der Waals surface area contributed by atoms with Crippen LogP contribution in [0.2, 0.25) is 0 Å². The summed E-state index contributed by atoms with van der Waals surface area (Å²) in [4.78, 5) is 6.71. The van der Waals surface area contributed by atoms with Gasteiger partial charge < -0.3 is 9.47 Å². The minimum absolute atomic E-state index is 0.240. The van der Waals surface area contributed by atoms with Gasteiger partial charge in [0.15, 0.2) is 0 Å². The van der Waals surface area contributed by atoms with E-state index in [2.05, 4.69) is 26.7 Å². The van der Waals surface area contributed by atoms with Gasteiger partial charge in [-0.2, -0.15) is 11.3 Å². The smallest absolute Gasteiger partial charge is 0.0813 e. The van der Waals surface area contributed by atoms with Gasteiger partial charge in [0.05, 0.1) is 25.4 Å². The standard InChI is InChI=1S/C19H24N2O2S/c1-2-15(10-20-7-1)12-22-13-17-3-4-18-19(23-17)5-8-21(18)11-16-6-9-24-14-16/h1-2,6-7,9-10,14,17-19H,3-5,8,11-13H2/t17-,18+,19+/m1/s1. The minimum Gasteiger partial charge on any atom is -0.374 e. The third kappa shape index (κ3) is 3.86. The van der Waals surface area contributed by atoms with Crippen molar-refractivity contribution in [1.82, 2.24) is 9.88 Å². The molecule has 0 bridgehead atoms. The number of rotatable bonds is 6. The SMILES string of the molecule is c1cncc(COC[C@H]2CC[C@H]3[C@H](CCN3Cc3ccsc3)O2)c1. The highest BCUT2D eigenvalue weighted by atomic mass is 32.1. The van der Waals surface area contributed by atoms with Crippen LogP contribution in [0, 0.1) is 0 Å². The fourth-order valence-corrected chi connectivity index (χ4v) is 4.47. The van der Waals surface area contributed by atoms with Crippen LogP contribution in [0.5, 0.6) is 0 Å². The Kier molecular flexibility index (Phi) is 5.23. The summed E-state index contributed by atoms with van der Waals surface area (Å²) in [5.74, 6) is 0. The third-order valence-corrected chi connectivity index (χ3v) is 5.74. The number of likely N-dealkylation sites (tertiary alicyclic amines) is 1. The maximum Gasteiger partial charge on any atom is 0.0813 e. The van der Waals surface area contributed by atoms with Crippen molar-refractivity contribution in [2.75, 3.05) is 13.2 Å². The van der Waals surface area contributed by atoms with Gasteiger partial charge in [0.25, 0.3) is 0 Å². The van der Waals surface area contributed by atoms with Crippen molar-refractivity contribution in [3.05, 3.63) is 52.5 Å². The number of hydrogen-bond donors (Lipinski definition) is 0. The summed E-state index contributed by atoms with van der Waals surface area (Å²) < 4.78 is 12.2. The van der Waals surface area contributed by atoms with Crippen molar-refractivity contribution >= 4 is 11.3 Å². The predicted octanol–water partition coefficient (Wildman–Crippen LogP) is 3.48. The Hall–Kier alpha value is -1.27. The molecule has 128 valence electrons. The number of thiophene rings is 1. The molecule has 2 fully saturated rings. The van der Waals surface area contributed by atoms with Gasteiger partial charge >= 0.3 is 0 Å². The molecule has 0 N–H and O–H groups in total. The zero-order chi connectivity index (χ0) is 16.2. The van der Waals surface area contributed by atoms with Crippen molar-refractivity contribution < 1.29 is 9.47 Å². The summed E-state index contributed by atoms with van der Waals surface area (Å²) >= 11 is 1.78. The van der Waals surface area contributed by atoms with E-state index >= 15 is 0 Å². The molecule has 0 saturated carbocycles. The molecular weight excluding hydrogens is 320 g/mol. The predicted molar refractivity (Wildman–Crippen MR) is 94.9 cm³/mol. The lowest BCUT2D eigenvalue weighted by atomic mass is 9.99. The summed E-state index contributed by atoms with van der Waals surface area (Å²) in [5.41, 5.74) is 2.55. The first-order valence-electron chi connectivity index (χ1n) is 8.76. The summed E-state index contributed by atoms with van der Waals surface area (Å²) in [6, 6.07) is 6.81. The molecule has 0 amide bonds. The first-order chi connectivity index (χ1) is 11.9. The summed E-state index contributed by atoms with van der Waals surface area (Å²) in [6.07, 6.45) is 7.72. The first-order valence-corrected chi connectivity index (χ1v) is 9.70. The second-order valence-electron chi connectivity index (χ2n) is 6.71. The van der Waals surface area contributed by atoms with Crippen molar-refractivity contribution in [3.63, 3.8) is 0 Å². The molecule has 0 aromatic carbocycles. The van der Waals surface area contributed by atoms with E-state index in [9.17, 15) is 0 Å². The maximum absolute atomic E-state index is 6.32. The van der Waals surface area contributed by atoms with Crippen LogP contribution in [-0.2, 0) is 22.6 Å². The van der Waals surface area contributed by atoms with Crippen LogP contribution in [0.25, 0.3) is 0 Å². The topological polar surface area (TPSA) is 34.6 Å². The monoisotopic (exact) mass is 344 g/mol.